The Labute approximate surface area is 178 Å². The minimum Gasteiger partial charge on any atom is -0.479 e. The first kappa shape index (κ1) is 20.5. The molecular weight excluding hydrogens is 449 g/mol. The summed E-state index contributed by atoms with van der Waals surface area (Å²) >= 11 is 18.8. The molecule has 2 aromatic rings. The van der Waals surface area contributed by atoms with Gasteiger partial charge in [0.05, 0.1) is 20.6 Å². The van der Waals surface area contributed by atoms with Gasteiger partial charge in [0.2, 0.25) is 0 Å². The molecule has 0 radical (unpaired) electrons. The maximum Gasteiger partial charge on any atom is 0.341 e. The molecule has 1 saturated heterocycles. The topological polar surface area (TPSA) is 83.9 Å². The maximum absolute atomic E-state index is 12.6. The Morgan fingerprint density at radius 3 is 2.29 bits per heavy atom. The van der Waals surface area contributed by atoms with Gasteiger partial charge in [-0.25, -0.2) is 9.69 Å². The monoisotopic (exact) mass is 457 g/mol. The molecule has 1 aliphatic heterocycles. The lowest BCUT2D eigenvalue weighted by molar-refractivity contribution is -0.139. The van der Waals surface area contributed by atoms with Crippen molar-refractivity contribution in [2.75, 3.05) is 11.5 Å². The second-order valence-corrected chi connectivity index (χ2v) is 7.73. The van der Waals surface area contributed by atoms with Gasteiger partial charge in [-0.05, 0) is 59.8 Å². The van der Waals surface area contributed by atoms with E-state index in [1.807, 2.05) is 0 Å². The lowest BCUT2D eigenvalue weighted by atomic mass is 10.2. The van der Waals surface area contributed by atoms with Gasteiger partial charge in [-0.15, -0.1) is 0 Å². The summed E-state index contributed by atoms with van der Waals surface area (Å²) in [7, 11) is 0. The molecule has 3 rings (SSSR count). The summed E-state index contributed by atoms with van der Waals surface area (Å²) in [5, 5.41) is 8.88. The molecule has 10 heteroatoms. The highest BCUT2D eigenvalue weighted by Crippen LogP contribution is 2.38. The van der Waals surface area contributed by atoms with Crippen LogP contribution in [0.1, 0.15) is 5.56 Å². The molecule has 1 aliphatic rings. The fourth-order valence-electron chi connectivity index (χ4n) is 2.37. The number of amides is 2. The molecule has 28 heavy (non-hydrogen) atoms. The van der Waals surface area contributed by atoms with Crippen LogP contribution < -0.4 is 9.64 Å². The Morgan fingerprint density at radius 2 is 1.71 bits per heavy atom. The van der Waals surface area contributed by atoms with Crippen LogP contribution in [0.25, 0.3) is 6.08 Å². The number of carbonyl (C=O) groups excluding carboxylic acids is 2. The van der Waals surface area contributed by atoms with E-state index in [4.69, 9.17) is 44.6 Å². The lowest BCUT2D eigenvalue weighted by Crippen LogP contribution is -2.27. The highest BCUT2D eigenvalue weighted by atomic mass is 35.5. The molecule has 0 spiro atoms. The molecule has 6 nitrogen and oxygen atoms in total. The molecule has 2 amide bonds. The normalized spacial score (nSPS) is 15.4. The number of hydrogen-bond donors (Lipinski definition) is 1. The van der Waals surface area contributed by atoms with Crippen molar-refractivity contribution >= 4 is 75.4 Å². The Bertz CT molecular complexity index is 984. The second kappa shape index (κ2) is 8.45. The average Bonchev–Trinajstić information content (AvgIpc) is 2.88. The van der Waals surface area contributed by atoms with Crippen molar-refractivity contribution in [3.05, 3.63) is 61.9 Å². The van der Waals surface area contributed by atoms with E-state index in [0.29, 0.717) is 16.3 Å². The van der Waals surface area contributed by atoms with Crippen LogP contribution in [0.2, 0.25) is 15.1 Å². The third-order valence-electron chi connectivity index (χ3n) is 3.54. The molecule has 0 aromatic heterocycles. The first-order chi connectivity index (χ1) is 13.3. The minimum atomic E-state index is -1.17. The van der Waals surface area contributed by atoms with E-state index in [1.165, 1.54) is 18.2 Å². The smallest absolute Gasteiger partial charge is 0.341 e. The summed E-state index contributed by atoms with van der Waals surface area (Å²) in [5.41, 5.74) is 0.864. The summed E-state index contributed by atoms with van der Waals surface area (Å²) in [5.74, 6) is -1.64. The molecule has 0 aliphatic carbocycles. The van der Waals surface area contributed by atoms with E-state index in [2.05, 4.69) is 0 Å². The summed E-state index contributed by atoms with van der Waals surface area (Å²) < 4.78 is 5.05. The number of rotatable bonds is 5. The number of carbonyl (C=O) groups is 3. The first-order valence-corrected chi connectivity index (χ1v) is 9.58. The van der Waals surface area contributed by atoms with Crippen LogP contribution in [0.5, 0.6) is 5.75 Å². The molecule has 2 aromatic carbocycles. The van der Waals surface area contributed by atoms with Crippen LogP contribution in [0.15, 0.2) is 41.3 Å². The number of halogens is 3. The van der Waals surface area contributed by atoms with Gasteiger partial charge in [-0.1, -0.05) is 34.8 Å². The van der Waals surface area contributed by atoms with E-state index in [9.17, 15) is 14.4 Å². The zero-order valence-electron chi connectivity index (χ0n) is 13.8. The van der Waals surface area contributed by atoms with Crippen LogP contribution >= 0.6 is 46.6 Å². The molecule has 0 unspecified atom stereocenters. The zero-order chi connectivity index (χ0) is 20.4. The Hall–Kier alpha value is -2.19. The molecule has 0 saturated carbocycles. The number of benzene rings is 2. The Kier molecular flexibility index (Phi) is 6.20. The van der Waals surface area contributed by atoms with E-state index in [1.54, 1.807) is 24.3 Å². The molecular formula is C18H10Cl3NO5S. The number of nitrogens with zero attached hydrogens (tertiary/aromatic N) is 1. The van der Waals surface area contributed by atoms with Crippen LogP contribution in [0.4, 0.5) is 10.5 Å². The number of carboxylic acid groups (broad SMARTS) is 1. The zero-order valence-corrected chi connectivity index (χ0v) is 16.9. The van der Waals surface area contributed by atoms with Crippen molar-refractivity contribution < 1.29 is 24.2 Å². The minimum absolute atomic E-state index is 0.0251. The van der Waals surface area contributed by atoms with Crippen LogP contribution in [0.3, 0.4) is 0 Å². The largest absolute Gasteiger partial charge is 0.479 e. The van der Waals surface area contributed by atoms with Gasteiger partial charge in [-0.3, -0.25) is 9.59 Å². The summed E-state index contributed by atoms with van der Waals surface area (Å²) in [6.45, 7) is -0.598. The highest BCUT2D eigenvalue weighted by Gasteiger charge is 2.36. The molecule has 1 fully saturated rings. The van der Waals surface area contributed by atoms with E-state index < -0.39 is 23.7 Å². The average molecular weight is 459 g/mol. The third kappa shape index (κ3) is 4.44. The first-order valence-electron chi connectivity index (χ1n) is 7.63. The molecule has 1 heterocycles. The van der Waals surface area contributed by atoms with E-state index in [-0.39, 0.29) is 20.7 Å². The van der Waals surface area contributed by atoms with Gasteiger partial charge >= 0.3 is 5.97 Å². The Morgan fingerprint density at radius 1 is 1.11 bits per heavy atom. The summed E-state index contributed by atoms with van der Waals surface area (Å²) in [6, 6.07) is 9.23. The van der Waals surface area contributed by atoms with Gasteiger partial charge in [0.25, 0.3) is 11.1 Å². The fourth-order valence-corrected chi connectivity index (χ4v) is 3.95. The van der Waals surface area contributed by atoms with Gasteiger partial charge in [0.15, 0.2) is 12.4 Å². The maximum atomic E-state index is 12.6. The lowest BCUT2D eigenvalue weighted by Gasteiger charge is -2.12. The number of imide groups is 1. The predicted molar refractivity (Wildman–Crippen MR) is 109 cm³/mol. The fraction of sp³-hybridized carbons (Fsp3) is 0.0556. The van der Waals surface area contributed by atoms with Crippen LogP contribution in [-0.4, -0.2) is 28.8 Å². The van der Waals surface area contributed by atoms with Crippen molar-refractivity contribution in [3.8, 4) is 5.75 Å². The molecule has 144 valence electrons. The van der Waals surface area contributed by atoms with E-state index in [0.717, 1.165) is 16.7 Å². The second-order valence-electron chi connectivity index (χ2n) is 5.49. The standard InChI is InChI=1S/C18H10Cl3NO5S/c19-10-1-3-11(4-2-10)22-17(25)14(28-18(22)26)7-9-5-12(20)16(13(21)6-9)27-8-15(23)24/h1-7H,8H2,(H,23,24)/b14-7+. The number of aliphatic carboxylic acids is 1. The van der Waals surface area contributed by atoms with Crippen molar-refractivity contribution in [1.29, 1.82) is 0 Å². The highest BCUT2D eigenvalue weighted by molar-refractivity contribution is 8.19. The number of anilines is 1. The molecule has 0 bridgehead atoms. The Balaban J connectivity index is 1.87. The predicted octanol–water partition coefficient (Wildman–Crippen LogP) is 5.35. The van der Waals surface area contributed by atoms with Gasteiger partial charge in [-0.2, -0.15) is 0 Å². The summed E-state index contributed by atoms with van der Waals surface area (Å²) in [4.78, 5) is 36.8. The quantitative estimate of drug-likeness (QED) is 0.608. The van der Waals surface area contributed by atoms with Crippen molar-refractivity contribution in [2.45, 2.75) is 0 Å². The number of thioether (sulfide) groups is 1. The SMILES string of the molecule is O=C(O)COc1c(Cl)cc(/C=C2/SC(=O)N(c3ccc(Cl)cc3)C2=O)cc1Cl. The molecule has 1 N–H and O–H groups in total. The van der Waals surface area contributed by atoms with Gasteiger partial charge in [0, 0.05) is 5.02 Å². The van der Waals surface area contributed by atoms with Gasteiger partial charge in [0.1, 0.15) is 0 Å². The van der Waals surface area contributed by atoms with Crippen LogP contribution in [0, 0.1) is 0 Å². The van der Waals surface area contributed by atoms with Crippen molar-refractivity contribution in [3.63, 3.8) is 0 Å². The summed E-state index contributed by atoms with van der Waals surface area (Å²) in [6.07, 6.45) is 1.47. The molecule has 0 atom stereocenters. The van der Waals surface area contributed by atoms with Crippen LogP contribution in [-0.2, 0) is 9.59 Å². The van der Waals surface area contributed by atoms with E-state index >= 15 is 0 Å². The number of carboxylic acids is 1. The number of ether oxygens (including phenoxy) is 1. The third-order valence-corrected chi connectivity index (χ3v) is 5.22. The van der Waals surface area contributed by atoms with Gasteiger partial charge < -0.3 is 9.84 Å². The van der Waals surface area contributed by atoms with Crippen molar-refractivity contribution in [1.82, 2.24) is 0 Å². The van der Waals surface area contributed by atoms with Crippen molar-refractivity contribution in [2.24, 2.45) is 0 Å². The number of hydrogen-bond acceptors (Lipinski definition) is 5.